The Morgan fingerprint density at radius 2 is 1.57 bits per heavy atom. The average Bonchev–Trinajstić information content (AvgIpc) is 2.86. The Hall–Kier alpha value is -3.73. The zero-order chi connectivity index (χ0) is 27.4. The monoisotopic (exact) mass is 536 g/mol. The van der Waals surface area contributed by atoms with Crippen molar-refractivity contribution in [2.75, 3.05) is 32.1 Å². The number of sulfonamides is 1. The summed E-state index contributed by atoms with van der Waals surface area (Å²) in [6, 6.07) is 14.8. The summed E-state index contributed by atoms with van der Waals surface area (Å²) in [7, 11) is 0.0635. The third-order valence-electron chi connectivity index (χ3n) is 5.64. The highest BCUT2D eigenvalue weighted by atomic mass is 32.2. The first-order valence-corrected chi connectivity index (χ1v) is 12.5. The molecule has 0 aliphatic rings. The molecule has 3 rings (SSSR count). The van der Waals surface area contributed by atoms with Crippen LogP contribution in [0.3, 0.4) is 0 Å². The van der Waals surface area contributed by atoms with Gasteiger partial charge in [0.15, 0.2) is 11.5 Å². The van der Waals surface area contributed by atoms with Crippen LogP contribution in [0.5, 0.6) is 11.5 Å². The molecule has 0 aliphatic heterocycles. The van der Waals surface area contributed by atoms with E-state index < -0.39 is 34.2 Å². The molecule has 0 radical (unpaired) electrons. The number of halogens is 3. The molecule has 0 aliphatic carbocycles. The van der Waals surface area contributed by atoms with Gasteiger partial charge >= 0.3 is 6.18 Å². The summed E-state index contributed by atoms with van der Waals surface area (Å²) in [5.74, 6) is 0.330. The molecule has 0 saturated carbocycles. The molecule has 0 unspecified atom stereocenters. The van der Waals surface area contributed by atoms with Crippen molar-refractivity contribution in [1.82, 2.24) is 4.90 Å². The third-order valence-corrected chi connectivity index (χ3v) is 7.43. The van der Waals surface area contributed by atoms with Gasteiger partial charge in [-0.2, -0.15) is 13.2 Å². The number of rotatable bonds is 9. The smallest absolute Gasteiger partial charge is 0.416 e. The van der Waals surface area contributed by atoms with E-state index in [9.17, 15) is 26.4 Å². The van der Waals surface area contributed by atoms with E-state index in [0.717, 1.165) is 17.7 Å². The summed E-state index contributed by atoms with van der Waals surface area (Å²) in [4.78, 5) is 14.3. The van der Waals surface area contributed by atoms with Crippen LogP contribution in [0.1, 0.15) is 16.7 Å². The van der Waals surface area contributed by atoms with Gasteiger partial charge in [0.1, 0.15) is 6.54 Å². The summed E-state index contributed by atoms with van der Waals surface area (Å²) in [5.41, 5.74) is 0.180. The maximum atomic E-state index is 13.5. The van der Waals surface area contributed by atoms with E-state index in [1.165, 1.54) is 44.4 Å². The predicted octanol–water partition coefficient (Wildman–Crippen LogP) is 4.88. The number of hydrogen-bond donors (Lipinski definition) is 0. The van der Waals surface area contributed by atoms with Gasteiger partial charge in [0.25, 0.3) is 10.0 Å². The standard InChI is InChI=1S/C26H27F3N2O5S/c1-18-8-11-22(12-9-18)37(33,34)31(21-7-5-6-20(15-21)26(27,28)29)17-25(32)30(2)16-19-10-13-23(35-3)24(14-19)36-4/h5-15H,16-17H2,1-4H3. The number of aryl methyl sites for hydroxylation is 1. The van der Waals surface area contributed by atoms with Gasteiger partial charge in [0.05, 0.1) is 30.4 Å². The van der Waals surface area contributed by atoms with E-state index in [2.05, 4.69) is 0 Å². The number of ether oxygens (including phenoxy) is 2. The topological polar surface area (TPSA) is 76.2 Å². The minimum atomic E-state index is -4.69. The Bertz CT molecular complexity index is 1360. The molecule has 0 spiro atoms. The highest BCUT2D eigenvalue weighted by Crippen LogP contribution is 2.33. The van der Waals surface area contributed by atoms with E-state index in [1.807, 2.05) is 0 Å². The summed E-state index contributed by atoms with van der Waals surface area (Å²) in [6.45, 7) is 1.16. The van der Waals surface area contributed by atoms with Gasteiger partial charge in [0.2, 0.25) is 5.91 Å². The molecule has 0 saturated heterocycles. The largest absolute Gasteiger partial charge is 0.493 e. The normalized spacial score (nSPS) is 11.6. The van der Waals surface area contributed by atoms with E-state index in [-0.39, 0.29) is 17.1 Å². The zero-order valence-corrected chi connectivity index (χ0v) is 21.6. The van der Waals surface area contributed by atoms with Crippen LogP contribution in [0.2, 0.25) is 0 Å². The first-order chi connectivity index (χ1) is 17.4. The van der Waals surface area contributed by atoms with Crippen molar-refractivity contribution in [3.8, 4) is 11.5 Å². The molecule has 0 atom stereocenters. The molecule has 3 aromatic carbocycles. The summed E-state index contributed by atoms with van der Waals surface area (Å²) in [6.07, 6.45) is -4.69. The fourth-order valence-electron chi connectivity index (χ4n) is 3.57. The lowest BCUT2D eigenvalue weighted by molar-refractivity contribution is -0.137. The Morgan fingerprint density at radius 1 is 0.919 bits per heavy atom. The van der Waals surface area contributed by atoms with Crippen LogP contribution in [-0.2, 0) is 27.5 Å². The summed E-state index contributed by atoms with van der Waals surface area (Å²) >= 11 is 0. The Morgan fingerprint density at radius 3 is 2.16 bits per heavy atom. The molecule has 1 amide bonds. The lowest BCUT2D eigenvalue weighted by atomic mass is 10.2. The van der Waals surface area contributed by atoms with Gasteiger partial charge < -0.3 is 14.4 Å². The third kappa shape index (κ3) is 6.53. The number of amides is 1. The highest BCUT2D eigenvalue weighted by Gasteiger charge is 2.33. The molecule has 0 bridgehead atoms. The van der Waals surface area contributed by atoms with Crippen molar-refractivity contribution in [2.45, 2.75) is 24.5 Å². The van der Waals surface area contributed by atoms with Crippen molar-refractivity contribution in [3.05, 3.63) is 83.4 Å². The van der Waals surface area contributed by atoms with E-state index in [4.69, 9.17) is 9.47 Å². The Balaban J connectivity index is 1.95. The first-order valence-electron chi connectivity index (χ1n) is 11.1. The molecule has 0 aromatic heterocycles. The highest BCUT2D eigenvalue weighted by molar-refractivity contribution is 7.92. The molecule has 7 nitrogen and oxygen atoms in total. The van der Waals surface area contributed by atoms with Crippen LogP contribution in [0.25, 0.3) is 0 Å². The maximum absolute atomic E-state index is 13.5. The molecule has 0 heterocycles. The first kappa shape index (κ1) is 27.9. The van der Waals surface area contributed by atoms with Crippen molar-refractivity contribution < 1.29 is 35.9 Å². The van der Waals surface area contributed by atoms with Gasteiger partial charge in [0, 0.05) is 13.6 Å². The Kier molecular flexibility index (Phi) is 8.37. The van der Waals surface area contributed by atoms with Crippen LogP contribution in [0.4, 0.5) is 18.9 Å². The van der Waals surface area contributed by atoms with Crippen LogP contribution < -0.4 is 13.8 Å². The number of carbonyl (C=O) groups is 1. The van der Waals surface area contributed by atoms with Crippen LogP contribution in [0, 0.1) is 6.92 Å². The van der Waals surface area contributed by atoms with Crippen LogP contribution in [-0.4, -0.2) is 47.0 Å². The number of alkyl halides is 3. The van der Waals surface area contributed by atoms with Gasteiger partial charge in [-0.15, -0.1) is 0 Å². The number of methoxy groups -OCH3 is 2. The van der Waals surface area contributed by atoms with Gasteiger partial charge in [-0.05, 0) is 55.0 Å². The minimum absolute atomic E-state index is 0.0974. The molecule has 3 aromatic rings. The number of likely N-dealkylation sites (N-methyl/N-ethyl adjacent to an activating group) is 1. The zero-order valence-electron chi connectivity index (χ0n) is 20.7. The maximum Gasteiger partial charge on any atom is 0.416 e. The summed E-state index contributed by atoms with van der Waals surface area (Å²) < 4.78 is 78.4. The number of benzene rings is 3. The molecule has 11 heteroatoms. The quantitative estimate of drug-likeness (QED) is 0.390. The van der Waals surface area contributed by atoms with Crippen molar-refractivity contribution in [2.24, 2.45) is 0 Å². The number of hydrogen-bond acceptors (Lipinski definition) is 5. The van der Waals surface area contributed by atoms with E-state index in [1.54, 1.807) is 37.3 Å². The van der Waals surface area contributed by atoms with Crippen molar-refractivity contribution >= 4 is 21.6 Å². The SMILES string of the molecule is COc1ccc(CN(C)C(=O)CN(c2cccc(C(F)(F)F)c2)S(=O)(=O)c2ccc(C)cc2)cc1OC. The minimum Gasteiger partial charge on any atom is -0.493 e. The molecule has 0 N–H and O–H groups in total. The van der Waals surface area contributed by atoms with Gasteiger partial charge in [-0.25, -0.2) is 8.42 Å². The lowest BCUT2D eigenvalue weighted by Gasteiger charge is -2.27. The number of anilines is 1. The van der Waals surface area contributed by atoms with E-state index >= 15 is 0 Å². The summed E-state index contributed by atoms with van der Waals surface area (Å²) in [5, 5.41) is 0. The molecule has 0 fully saturated rings. The molecular formula is C26H27F3N2O5S. The van der Waals surface area contributed by atoms with Crippen molar-refractivity contribution in [3.63, 3.8) is 0 Å². The predicted molar refractivity (Wildman–Crippen MR) is 133 cm³/mol. The van der Waals surface area contributed by atoms with Crippen LogP contribution >= 0.6 is 0 Å². The second-order valence-electron chi connectivity index (χ2n) is 8.31. The second-order valence-corrected chi connectivity index (χ2v) is 10.2. The van der Waals surface area contributed by atoms with Crippen LogP contribution in [0.15, 0.2) is 71.6 Å². The average molecular weight is 537 g/mol. The van der Waals surface area contributed by atoms with Crippen molar-refractivity contribution in [1.29, 1.82) is 0 Å². The Labute approximate surface area is 214 Å². The fourth-order valence-corrected chi connectivity index (χ4v) is 4.98. The molecule has 37 heavy (non-hydrogen) atoms. The number of carbonyl (C=O) groups excluding carboxylic acids is 1. The second kappa shape index (κ2) is 11.1. The lowest BCUT2D eigenvalue weighted by Crippen LogP contribution is -2.41. The molecular weight excluding hydrogens is 509 g/mol. The number of nitrogens with zero attached hydrogens (tertiary/aromatic N) is 2. The molecule has 198 valence electrons. The van der Waals surface area contributed by atoms with Gasteiger partial charge in [-0.3, -0.25) is 9.10 Å². The van der Waals surface area contributed by atoms with E-state index in [0.29, 0.717) is 27.4 Å². The fraction of sp³-hybridized carbons (Fsp3) is 0.269. The van der Waals surface area contributed by atoms with Gasteiger partial charge in [-0.1, -0.05) is 29.8 Å².